The van der Waals surface area contributed by atoms with Gasteiger partial charge >= 0.3 is 6.03 Å². The van der Waals surface area contributed by atoms with Crippen LogP contribution in [-0.4, -0.2) is 18.9 Å². The average molecular weight is 221 g/mol. The molecule has 0 aliphatic rings. The SMILES string of the molecule is CCCOc1ccccc1/C=N\NC(N)=O. The van der Waals surface area contributed by atoms with Crippen molar-refractivity contribution < 1.29 is 9.53 Å². The van der Waals surface area contributed by atoms with E-state index in [0.717, 1.165) is 17.7 Å². The second-order valence-electron chi connectivity index (χ2n) is 3.12. The number of nitrogens with one attached hydrogen (secondary N) is 1. The lowest BCUT2D eigenvalue weighted by Crippen LogP contribution is -2.24. The first-order valence-corrected chi connectivity index (χ1v) is 5.04. The van der Waals surface area contributed by atoms with E-state index >= 15 is 0 Å². The summed E-state index contributed by atoms with van der Waals surface area (Å²) >= 11 is 0. The zero-order chi connectivity index (χ0) is 11.8. The molecular weight excluding hydrogens is 206 g/mol. The van der Waals surface area contributed by atoms with Crippen molar-refractivity contribution in [3.63, 3.8) is 0 Å². The van der Waals surface area contributed by atoms with Crippen molar-refractivity contribution >= 4 is 12.2 Å². The van der Waals surface area contributed by atoms with Crippen LogP contribution in [0.4, 0.5) is 4.79 Å². The monoisotopic (exact) mass is 221 g/mol. The van der Waals surface area contributed by atoms with Crippen molar-refractivity contribution in [2.45, 2.75) is 13.3 Å². The maximum atomic E-state index is 10.4. The zero-order valence-corrected chi connectivity index (χ0v) is 9.14. The summed E-state index contributed by atoms with van der Waals surface area (Å²) in [7, 11) is 0. The second-order valence-corrected chi connectivity index (χ2v) is 3.12. The fourth-order valence-corrected chi connectivity index (χ4v) is 1.10. The van der Waals surface area contributed by atoms with Gasteiger partial charge in [-0.15, -0.1) is 0 Å². The van der Waals surface area contributed by atoms with E-state index in [9.17, 15) is 4.79 Å². The minimum absolute atomic E-state index is 0.647. The van der Waals surface area contributed by atoms with Crippen LogP contribution in [0.25, 0.3) is 0 Å². The molecule has 3 N–H and O–H groups in total. The molecule has 0 aromatic heterocycles. The number of hydrogen-bond acceptors (Lipinski definition) is 3. The standard InChI is InChI=1S/C11H15N3O2/c1-2-7-16-10-6-4-3-5-9(10)8-13-14-11(12)15/h3-6,8H,2,7H2,1H3,(H3,12,14,15)/b13-8-. The lowest BCUT2D eigenvalue weighted by molar-refractivity contribution is 0.249. The van der Waals surface area contributed by atoms with E-state index in [4.69, 9.17) is 10.5 Å². The second kappa shape index (κ2) is 6.44. The lowest BCUT2D eigenvalue weighted by atomic mass is 10.2. The molecule has 0 unspecified atom stereocenters. The van der Waals surface area contributed by atoms with E-state index in [0.29, 0.717) is 6.61 Å². The quantitative estimate of drug-likeness (QED) is 0.583. The van der Waals surface area contributed by atoms with E-state index in [1.165, 1.54) is 6.21 Å². The molecule has 0 aliphatic carbocycles. The Kier molecular flexibility index (Phi) is 4.85. The number of para-hydroxylation sites is 1. The van der Waals surface area contributed by atoms with Crippen molar-refractivity contribution in [1.82, 2.24) is 5.43 Å². The summed E-state index contributed by atoms with van der Waals surface area (Å²) in [5.74, 6) is 0.736. The number of carbonyl (C=O) groups excluding carboxylic acids is 1. The van der Waals surface area contributed by atoms with E-state index in [1.54, 1.807) is 0 Å². The van der Waals surface area contributed by atoms with Gasteiger partial charge < -0.3 is 10.5 Å². The summed E-state index contributed by atoms with van der Waals surface area (Å²) in [4.78, 5) is 10.4. The Hall–Kier alpha value is -2.04. The van der Waals surface area contributed by atoms with Gasteiger partial charge in [0.2, 0.25) is 0 Å². The van der Waals surface area contributed by atoms with Gasteiger partial charge in [-0.2, -0.15) is 5.10 Å². The zero-order valence-electron chi connectivity index (χ0n) is 9.14. The number of urea groups is 1. The smallest absolute Gasteiger partial charge is 0.332 e. The minimum atomic E-state index is -0.691. The van der Waals surface area contributed by atoms with E-state index < -0.39 is 6.03 Å². The third kappa shape index (κ3) is 4.00. The van der Waals surface area contributed by atoms with E-state index in [1.807, 2.05) is 31.2 Å². The largest absolute Gasteiger partial charge is 0.493 e. The number of primary amides is 1. The molecule has 0 aliphatic heterocycles. The maximum Gasteiger partial charge on any atom is 0.332 e. The molecule has 1 aromatic rings. The number of carbonyl (C=O) groups is 1. The lowest BCUT2D eigenvalue weighted by Gasteiger charge is -2.06. The van der Waals surface area contributed by atoms with Gasteiger partial charge in [-0.3, -0.25) is 0 Å². The van der Waals surface area contributed by atoms with Crippen LogP contribution in [-0.2, 0) is 0 Å². The Morgan fingerprint density at radius 3 is 3.00 bits per heavy atom. The van der Waals surface area contributed by atoms with Gasteiger partial charge in [0.25, 0.3) is 0 Å². The molecule has 0 atom stereocenters. The number of ether oxygens (including phenoxy) is 1. The molecule has 5 nitrogen and oxygen atoms in total. The summed E-state index contributed by atoms with van der Waals surface area (Å²) in [5, 5.41) is 3.68. The number of hydrazone groups is 1. The number of nitrogens with zero attached hydrogens (tertiary/aromatic N) is 1. The summed E-state index contributed by atoms with van der Waals surface area (Å²) in [6.07, 6.45) is 2.43. The molecule has 16 heavy (non-hydrogen) atoms. The van der Waals surface area contributed by atoms with Crippen LogP contribution in [0.2, 0.25) is 0 Å². The normalized spacial score (nSPS) is 10.3. The van der Waals surface area contributed by atoms with E-state index in [-0.39, 0.29) is 0 Å². The number of amides is 2. The van der Waals surface area contributed by atoms with Crippen LogP contribution >= 0.6 is 0 Å². The Balaban J connectivity index is 2.70. The Morgan fingerprint density at radius 2 is 2.31 bits per heavy atom. The molecule has 1 rings (SSSR count). The molecule has 86 valence electrons. The molecule has 0 fully saturated rings. The first-order valence-electron chi connectivity index (χ1n) is 5.04. The van der Waals surface area contributed by atoms with Crippen molar-refractivity contribution in [2.24, 2.45) is 10.8 Å². The van der Waals surface area contributed by atoms with Crippen molar-refractivity contribution in [1.29, 1.82) is 0 Å². The first kappa shape index (κ1) is 12.0. The van der Waals surface area contributed by atoms with Gasteiger partial charge in [0.15, 0.2) is 0 Å². The minimum Gasteiger partial charge on any atom is -0.493 e. The highest BCUT2D eigenvalue weighted by Crippen LogP contribution is 2.15. The molecule has 0 bridgehead atoms. The van der Waals surface area contributed by atoms with Crippen LogP contribution < -0.4 is 15.9 Å². The number of hydrogen-bond donors (Lipinski definition) is 2. The Bertz CT molecular complexity index is 377. The molecule has 2 amide bonds. The molecule has 0 spiro atoms. The van der Waals surface area contributed by atoms with Gasteiger partial charge in [0, 0.05) is 5.56 Å². The topological polar surface area (TPSA) is 76.7 Å². The van der Waals surface area contributed by atoms with Gasteiger partial charge in [-0.1, -0.05) is 19.1 Å². The van der Waals surface area contributed by atoms with Crippen LogP contribution in [0.1, 0.15) is 18.9 Å². The summed E-state index contributed by atoms with van der Waals surface area (Å²) in [6.45, 7) is 2.68. The van der Waals surface area contributed by atoms with Crippen LogP contribution in [0.3, 0.4) is 0 Å². The predicted octanol–water partition coefficient (Wildman–Crippen LogP) is 1.48. The summed E-state index contributed by atoms with van der Waals surface area (Å²) < 4.78 is 5.51. The van der Waals surface area contributed by atoms with Crippen molar-refractivity contribution in [3.05, 3.63) is 29.8 Å². The molecule has 0 saturated carbocycles. The highest BCUT2D eigenvalue weighted by atomic mass is 16.5. The molecule has 0 radical (unpaired) electrons. The number of rotatable bonds is 5. The van der Waals surface area contributed by atoms with Crippen LogP contribution in [0.15, 0.2) is 29.4 Å². The third-order valence-corrected chi connectivity index (χ3v) is 1.76. The highest BCUT2D eigenvalue weighted by Gasteiger charge is 1.99. The Labute approximate surface area is 94.3 Å². The van der Waals surface area contributed by atoms with Gasteiger partial charge in [-0.25, -0.2) is 10.2 Å². The Morgan fingerprint density at radius 1 is 1.56 bits per heavy atom. The fraction of sp³-hybridized carbons (Fsp3) is 0.273. The number of nitrogens with two attached hydrogens (primary N) is 1. The third-order valence-electron chi connectivity index (χ3n) is 1.76. The average Bonchev–Trinajstić information content (AvgIpc) is 2.27. The van der Waals surface area contributed by atoms with Gasteiger partial charge in [0.1, 0.15) is 5.75 Å². The van der Waals surface area contributed by atoms with Crippen LogP contribution in [0, 0.1) is 0 Å². The maximum absolute atomic E-state index is 10.4. The van der Waals surface area contributed by atoms with E-state index in [2.05, 4.69) is 10.5 Å². The van der Waals surface area contributed by atoms with Gasteiger partial charge in [-0.05, 0) is 18.6 Å². The summed E-state index contributed by atoms with van der Waals surface area (Å²) in [6, 6.07) is 6.75. The molecule has 1 aromatic carbocycles. The molecular formula is C11H15N3O2. The first-order chi connectivity index (χ1) is 7.74. The highest BCUT2D eigenvalue weighted by molar-refractivity contribution is 5.84. The fourth-order valence-electron chi connectivity index (χ4n) is 1.10. The number of benzene rings is 1. The molecule has 0 saturated heterocycles. The van der Waals surface area contributed by atoms with Crippen molar-refractivity contribution in [3.8, 4) is 5.75 Å². The molecule has 0 heterocycles. The molecule has 5 heteroatoms. The van der Waals surface area contributed by atoms with Gasteiger partial charge in [0.05, 0.1) is 12.8 Å². The predicted molar refractivity (Wildman–Crippen MR) is 62.5 cm³/mol. The van der Waals surface area contributed by atoms with Crippen molar-refractivity contribution in [2.75, 3.05) is 6.61 Å². The van der Waals surface area contributed by atoms with Crippen LogP contribution in [0.5, 0.6) is 5.75 Å². The summed E-state index contributed by atoms with van der Waals surface area (Å²) in [5.41, 5.74) is 7.81.